The van der Waals surface area contributed by atoms with Crippen LogP contribution in [0.3, 0.4) is 0 Å². The molecule has 5 heteroatoms. The van der Waals surface area contributed by atoms with Crippen molar-refractivity contribution in [3.8, 4) is 0 Å². The molecule has 0 aliphatic rings. The Kier molecular flexibility index (Phi) is 3.07. The summed E-state index contributed by atoms with van der Waals surface area (Å²) in [6.07, 6.45) is -5.65. The maximum absolute atomic E-state index is 12.4. The molecular weight excluding hydrogens is 217 g/mol. The predicted molar refractivity (Wildman–Crippen MR) is 47.1 cm³/mol. The summed E-state index contributed by atoms with van der Waals surface area (Å²) in [5.41, 5.74) is -1.05. The van der Waals surface area contributed by atoms with Gasteiger partial charge in [-0.05, 0) is 24.6 Å². The van der Waals surface area contributed by atoms with Crippen molar-refractivity contribution in [2.24, 2.45) is 0 Å². The first kappa shape index (κ1) is 11.3. The van der Waals surface area contributed by atoms with E-state index in [1.54, 1.807) is 0 Å². The van der Waals surface area contributed by atoms with Crippen molar-refractivity contribution in [1.82, 2.24) is 0 Å². The maximum atomic E-state index is 12.4. The fourth-order valence-electron chi connectivity index (χ4n) is 1.14. The number of rotatable bonds is 1. The summed E-state index contributed by atoms with van der Waals surface area (Å²) in [4.78, 5) is 0. The Hall–Kier alpha value is -0.740. The molecule has 78 valence electrons. The molecule has 1 unspecified atom stereocenters. The highest BCUT2D eigenvalue weighted by atomic mass is 35.5. The van der Waals surface area contributed by atoms with Crippen molar-refractivity contribution in [3.05, 3.63) is 34.3 Å². The fourth-order valence-corrected chi connectivity index (χ4v) is 1.31. The topological polar surface area (TPSA) is 20.2 Å². The van der Waals surface area contributed by atoms with Gasteiger partial charge in [-0.1, -0.05) is 17.7 Å². The lowest BCUT2D eigenvalue weighted by atomic mass is 10.0. The average molecular weight is 225 g/mol. The highest BCUT2D eigenvalue weighted by Gasteiger charge is 2.34. The van der Waals surface area contributed by atoms with E-state index in [0.717, 1.165) is 6.07 Å². The van der Waals surface area contributed by atoms with E-state index >= 15 is 0 Å². The van der Waals surface area contributed by atoms with Crippen LogP contribution in [0.5, 0.6) is 0 Å². The second kappa shape index (κ2) is 3.79. The van der Waals surface area contributed by atoms with Crippen molar-refractivity contribution in [2.45, 2.75) is 19.2 Å². The van der Waals surface area contributed by atoms with Gasteiger partial charge in [0.05, 0.1) is 11.7 Å². The lowest BCUT2D eigenvalue weighted by molar-refractivity contribution is -0.139. The van der Waals surface area contributed by atoms with Crippen LogP contribution in [0, 0.1) is 0 Å². The number of halogens is 4. The standard InChI is InChI=1S/C9H8ClF3O/c1-5(14)7-3-2-6(10)4-8(7)9(11,12)13/h2-5,14H,1H3. The second-order valence-electron chi connectivity index (χ2n) is 2.91. The highest BCUT2D eigenvalue weighted by molar-refractivity contribution is 6.30. The van der Waals surface area contributed by atoms with Crippen LogP contribution in [0.15, 0.2) is 18.2 Å². The third-order valence-corrected chi connectivity index (χ3v) is 2.01. The van der Waals surface area contributed by atoms with Crippen molar-refractivity contribution >= 4 is 11.6 Å². The summed E-state index contributed by atoms with van der Waals surface area (Å²) >= 11 is 5.45. The van der Waals surface area contributed by atoms with Gasteiger partial charge in [0.15, 0.2) is 0 Å². The minimum absolute atomic E-state index is 0.00160. The summed E-state index contributed by atoms with van der Waals surface area (Å²) in [5.74, 6) is 0. The highest BCUT2D eigenvalue weighted by Crippen LogP contribution is 2.36. The minimum atomic E-state index is -4.49. The molecule has 1 aromatic rings. The van der Waals surface area contributed by atoms with Crippen molar-refractivity contribution in [3.63, 3.8) is 0 Å². The van der Waals surface area contributed by atoms with Gasteiger partial charge in [0.1, 0.15) is 0 Å². The molecule has 0 spiro atoms. The molecule has 1 nitrogen and oxygen atoms in total. The third-order valence-electron chi connectivity index (χ3n) is 1.77. The molecule has 0 radical (unpaired) electrons. The Morgan fingerprint density at radius 3 is 2.36 bits per heavy atom. The van der Waals surface area contributed by atoms with E-state index in [0.29, 0.717) is 0 Å². The molecule has 0 aliphatic carbocycles. The molecule has 1 rings (SSSR count). The van der Waals surface area contributed by atoms with E-state index < -0.39 is 17.8 Å². The van der Waals surface area contributed by atoms with Gasteiger partial charge in [0.2, 0.25) is 0 Å². The molecule has 0 bridgehead atoms. The molecule has 0 amide bonds. The van der Waals surface area contributed by atoms with Gasteiger partial charge in [-0.25, -0.2) is 0 Å². The van der Waals surface area contributed by atoms with E-state index in [4.69, 9.17) is 16.7 Å². The van der Waals surface area contributed by atoms with E-state index in [-0.39, 0.29) is 10.6 Å². The Bertz CT molecular complexity index is 333. The Morgan fingerprint density at radius 2 is 1.93 bits per heavy atom. The van der Waals surface area contributed by atoms with Gasteiger partial charge in [0.25, 0.3) is 0 Å². The van der Waals surface area contributed by atoms with Crippen LogP contribution < -0.4 is 0 Å². The minimum Gasteiger partial charge on any atom is -0.389 e. The molecular formula is C9H8ClF3O. The first-order valence-electron chi connectivity index (χ1n) is 3.87. The van der Waals surface area contributed by atoms with Gasteiger partial charge < -0.3 is 5.11 Å². The quantitative estimate of drug-likeness (QED) is 0.775. The van der Waals surface area contributed by atoms with E-state index in [1.807, 2.05) is 0 Å². The molecule has 0 aromatic heterocycles. The molecule has 0 saturated heterocycles. The number of aliphatic hydroxyl groups is 1. The van der Waals surface area contributed by atoms with Crippen LogP contribution in [-0.2, 0) is 6.18 Å². The van der Waals surface area contributed by atoms with Gasteiger partial charge in [-0.2, -0.15) is 13.2 Å². The van der Waals surface area contributed by atoms with E-state index in [1.165, 1.54) is 19.1 Å². The number of hydrogen-bond acceptors (Lipinski definition) is 1. The van der Waals surface area contributed by atoms with Crippen molar-refractivity contribution in [1.29, 1.82) is 0 Å². The Morgan fingerprint density at radius 1 is 1.36 bits per heavy atom. The van der Waals surface area contributed by atoms with Gasteiger partial charge >= 0.3 is 6.18 Å². The Balaban J connectivity index is 3.30. The molecule has 0 fully saturated rings. The first-order chi connectivity index (χ1) is 6.32. The van der Waals surface area contributed by atoms with Crippen LogP contribution in [-0.4, -0.2) is 5.11 Å². The largest absolute Gasteiger partial charge is 0.416 e. The van der Waals surface area contributed by atoms with Crippen LogP contribution >= 0.6 is 11.6 Å². The summed E-state index contributed by atoms with van der Waals surface area (Å²) in [7, 11) is 0. The first-order valence-corrected chi connectivity index (χ1v) is 4.25. The Labute approximate surface area is 84.1 Å². The van der Waals surface area contributed by atoms with Gasteiger partial charge in [0, 0.05) is 5.02 Å². The smallest absolute Gasteiger partial charge is 0.389 e. The van der Waals surface area contributed by atoms with Gasteiger partial charge in [-0.15, -0.1) is 0 Å². The van der Waals surface area contributed by atoms with Crippen LogP contribution in [0.2, 0.25) is 5.02 Å². The predicted octanol–water partition coefficient (Wildman–Crippen LogP) is 3.41. The lowest BCUT2D eigenvalue weighted by Gasteiger charge is -2.14. The number of hydrogen-bond donors (Lipinski definition) is 1. The van der Waals surface area contributed by atoms with Crippen LogP contribution in [0.4, 0.5) is 13.2 Å². The normalized spacial score (nSPS) is 14.1. The maximum Gasteiger partial charge on any atom is 0.416 e. The van der Waals surface area contributed by atoms with Gasteiger partial charge in [-0.3, -0.25) is 0 Å². The van der Waals surface area contributed by atoms with Crippen LogP contribution in [0.25, 0.3) is 0 Å². The molecule has 0 aliphatic heterocycles. The lowest BCUT2D eigenvalue weighted by Crippen LogP contribution is -2.10. The second-order valence-corrected chi connectivity index (χ2v) is 3.34. The summed E-state index contributed by atoms with van der Waals surface area (Å²) in [5, 5.41) is 9.12. The molecule has 14 heavy (non-hydrogen) atoms. The zero-order valence-corrected chi connectivity index (χ0v) is 8.02. The number of aliphatic hydroxyl groups excluding tert-OH is 1. The average Bonchev–Trinajstić information content (AvgIpc) is 2.01. The zero-order valence-electron chi connectivity index (χ0n) is 7.27. The third kappa shape index (κ3) is 2.39. The number of benzene rings is 1. The molecule has 0 heterocycles. The molecule has 1 aromatic carbocycles. The fraction of sp³-hybridized carbons (Fsp3) is 0.333. The molecule has 1 atom stereocenters. The monoisotopic (exact) mass is 224 g/mol. The van der Waals surface area contributed by atoms with Crippen molar-refractivity contribution < 1.29 is 18.3 Å². The van der Waals surface area contributed by atoms with E-state index in [9.17, 15) is 13.2 Å². The summed E-state index contributed by atoms with van der Waals surface area (Å²) in [6, 6.07) is 3.30. The molecule has 1 N–H and O–H groups in total. The van der Waals surface area contributed by atoms with Crippen LogP contribution in [0.1, 0.15) is 24.2 Å². The summed E-state index contributed by atoms with van der Waals surface area (Å²) in [6.45, 7) is 1.28. The summed E-state index contributed by atoms with van der Waals surface area (Å²) < 4.78 is 37.3. The molecule has 0 saturated carbocycles. The zero-order chi connectivity index (χ0) is 10.9. The van der Waals surface area contributed by atoms with E-state index in [2.05, 4.69) is 0 Å². The number of alkyl halides is 3. The SMILES string of the molecule is CC(O)c1ccc(Cl)cc1C(F)(F)F. The van der Waals surface area contributed by atoms with Crippen molar-refractivity contribution in [2.75, 3.05) is 0 Å².